The van der Waals surface area contributed by atoms with E-state index >= 15 is 0 Å². The highest BCUT2D eigenvalue weighted by Gasteiger charge is 2.22. The summed E-state index contributed by atoms with van der Waals surface area (Å²) in [5, 5.41) is 2.94. The van der Waals surface area contributed by atoms with Crippen molar-refractivity contribution in [1.29, 1.82) is 0 Å². The van der Waals surface area contributed by atoms with Crippen LogP contribution in [0.25, 0.3) is 0 Å². The Balaban J connectivity index is 2.28. The van der Waals surface area contributed by atoms with Crippen LogP contribution in [0.4, 0.5) is 0 Å². The third kappa shape index (κ3) is 3.39. The van der Waals surface area contributed by atoms with Crippen molar-refractivity contribution in [2.75, 3.05) is 0 Å². The maximum absolute atomic E-state index is 11.4. The van der Waals surface area contributed by atoms with Crippen molar-refractivity contribution in [3.8, 4) is 12.3 Å². The van der Waals surface area contributed by atoms with Crippen LogP contribution >= 0.6 is 0 Å². The number of hydrogen-bond donors (Lipinski definition) is 2. The average Bonchev–Trinajstić information content (AvgIpc) is 2.18. The van der Waals surface area contributed by atoms with Crippen molar-refractivity contribution in [3.63, 3.8) is 0 Å². The van der Waals surface area contributed by atoms with E-state index in [1.807, 2.05) is 0 Å². The fraction of sp³-hybridized carbons (Fsp3) is 0.727. The molecular weight excluding hydrogens is 176 g/mol. The van der Waals surface area contributed by atoms with Gasteiger partial charge in [0.1, 0.15) is 0 Å². The van der Waals surface area contributed by atoms with Gasteiger partial charge in [-0.05, 0) is 12.8 Å². The van der Waals surface area contributed by atoms with Crippen molar-refractivity contribution in [2.24, 2.45) is 5.73 Å². The van der Waals surface area contributed by atoms with E-state index < -0.39 is 0 Å². The molecule has 0 bridgehead atoms. The second-order valence-corrected chi connectivity index (χ2v) is 3.83. The van der Waals surface area contributed by atoms with Crippen molar-refractivity contribution in [3.05, 3.63) is 0 Å². The van der Waals surface area contributed by atoms with Crippen molar-refractivity contribution >= 4 is 5.91 Å². The molecule has 78 valence electrons. The second kappa shape index (κ2) is 5.66. The summed E-state index contributed by atoms with van der Waals surface area (Å²) in [7, 11) is 0. The minimum absolute atomic E-state index is 0.0327. The van der Waals surface area contributed by atoms with Gasteiger partial charge in [-0.3, -0.25) is 4.79 Å². The number of nitrogens with two attached hydrogens (primary N) is 1. The van der Waals surface area contributed by atoms with Gasteiger partial charge in [-0.25, -0.2) is 0 Å². The van der Waals surface area contributed by atoms with Crippen LogP contribution in [0.15, 0.2) is 0 Å². The molecule has 0 aromatic rings. The summed E-state index contributed by atoms with van der Waals surface area (Å²) in [5.41, 5.74) is 5.90. The lowest BCUT2D eigenvalue weighted by Gasteiger charge is -2.29. The highest BCUT2D eigenvalue weighted by molar-refractivity contribution is 5.76. The fourth-order valence-electron chi connectivity index (χ4n) is 1.80. The third-order valence-corrected chi connectivity index (χ3v) is 2.66. The largest absolute Gasteiger partial charge is 0.352 e. The molecule has 2 unspecified atom stereocenters. The monoisotopic (exact) mass is 194 g/mol. The van der Waals surface area contributed by atoms with E-state index in [4.69, 9.17) is 12.2 Å². The summed E-state index contributed by atoms with van der Waals surface area (Å²) in [6.07, 6.45) is 10.4. The third-order valence-electron chi connectivity index (χ3n) is 2.66. The van der Waals surface area contributed by atoms with Crippen molar-refractivity contribution in [1.82, 2.24) is 5.32 Å². The van der Waals surface area contributed by atoms with E-state index in [0.29, 0.717) is 12.8 Å². The first-order valence-corrected chi connectivity index (χ1v) is 5.22. The van der Waals surface area contributed by atoms with Gasteiger partial charge in [0, 0.05) is 24.9 Å². The molecule has 2 atom stereocenters. The molecule has 0 saturated heterocycles. The molecule has 0 aliphatic heterocycles. The first-order valence-electron chi connectivity index (χ1n) is 5.22. The first-order chi connectivity index (χ1) is 6.74. The Hall–Kier alpha value is -1.01. The molecule has 1 saturated carbocycles. The van der Waals surface area contributed by atoms with Gasteiger partial charge in [0.25, 0.3) is 0 Å². The summed E-state index contributed by atoms with van der Waals surface area (Å²) in [6, 6.07) is 0.285. The summed E-state index contributed by atoms with van der Waals surface area (Å²) in [4.78, 5) is 11.4. The summed E-state index contributed by atoms with van der Waals surface area (Å²) in [6.45, 7) is 0. The van der Waals surface area contributed by atoms with Crippen molar-refractivity contribution < 1.29 is 4.79 Å². The number of carbonyl (C=O) groups is 1. The number of nitrogens with one attached hydrogen (secondary N) is 1. The van der Waals surface area contributed by atoms with E-state index in [2.05, 4.69) is 11.2 Å². The van der Waals surface area contributed by atoms with Gasteiger partial charge in [0.15, 0.2) is 0 Å². The quantitative estimate of drug-likeness (QED) is 0.652. The molecule has 0 heterocycles. The Kier molecular flexibility index (Phi) is 4.48. The lowest BCUT2D eigenvalue weighted by molar-refractivity contribution is -0.122. The highest BCUT2D eigenvalue weighted by Crippen LogP contribution is 2.16. The summed E-state index contributed by atoms with van der Waals surface area (Å²) in [5.74, 6) is 2.49. The highest BCUT2D eigenvalue weighted by atomic mass is 16.1. The van der Waals surface area contributed by atoms with Crippen LogP contribution in [0, 0.1) is 12.3 Å². The zero-order valence-electron chi connectivity index (χ0n) is 8.46. The SMILES string of the molecule is C#CCCC(=O)NC1CCCCC1N. The molecule has 1 amide bonds. The average molecular weight is 194 g/mol. The van der Waals surface area contributed by atoms with Crippen LogP contribution in [-0.2, 0) is 4.79 Å². The van der Waals surface area contributed by atoms with Gasteiger partial charge in [-0.15, -0.1) is 12.3 Å². The Labute approximate surface area is 85.4 Å². The van der Waals surface area contributed by atoms with Gasteiger partial charge < -0.3 is 11.1 Å². The Morgan fingerprint density at radius 2 is 2.21 bits per heavy atom. The normalized spacial score (nSPS) is 26.6. The maximum Gasteiger partial charge on any atom is 0.221 e. The van der Waals surface area contributed by atoms with Gasteiger partial charge >= 0.3 is 0 Å². The molecule has 0 aromatic heterocycles. The predicted molar refractivity (Wildman–Crippen MR) is 56.4 cm³/mol. The number of carbonyl (C=O) groups excluding carboxylic acids is 1. The molecule has 1 fully saturated rings. The lowest BCUT2D eigenvalue weighted by atomic mass is 9.91. The maximum atomic E-state index is 11.4. The van der Waals surface area contributed by atoms with Crippen LogP contribution in [0.2, 0.25) is 0 Å². The van der Waals surface area contributed by atoms with E-state index in [1.165, 1.54) is 6.42 Å². The minimum Gasteiger partial charge on any atom is -0.352 e. The smallest absolute Gasteiger partial charge is 0.221 e. The fourth-order valence-corrected chi connectivity index (χ4v) is 1.80. The molecule has 14 heavy (non-hydrogen) atoms. The Morgan fingerprint density at radius 1 is 1.50 bits per heavy atom. The summed E-state index contributed by atoms with van der Waals surface area (Å²) < 4.78 is 0. The zero-order valence-corrected chi connectivity index (χ0v) is 8.46. The topological polar surface area (TPSA) is 55.1 Å². The van der Waals surface area contributed by atoms with E-state index in [1.54, 1.807) is 0 Å². The summed E-state index contributed by atoms with van der Waals surface area (Å²) >= 11 is 0. The standard InChI is InChI=1S/C11H18N2O/c1-2-3-8-11(14)13-10-7-5-4-6-9(10)12/h1,9-10H,3-8,12H2,(H,13,14). The minimum atomic E-state index is 0.0327. The van der Waals surface area contributed by atoms with Gasteiger partial charge in [-0.2, -0.15) is 0 Å². The first kappa shape index (κ1) is 11.1. The molecule has 1 rings (SSSR count). The predicted octanol–water partition coefficient (Wildman–Crippen LogP) is 0.786. The molecule has 3 N–H and O–H groups in total. The van der Waals surface area contributed by atoms with Crippen molar-refractivity contribution in [2.45, 2.75) is 50.6 Å². The van der Waals surface area contributed by atoms with E-state index in [9.17, 15) is 4.79 Å². The van der Waals surface area contributed by atoms with Gasteiger partial charge in [-0.1, -0.05) is 12.8 Å². The molecule has 3 heteroatoms. The van der Waals surface area contributed by atoms with Crippen LogP contribution in [0.1, 0.15) is 38.5 Å². The van der Waals surface area contributed by atoms with Crippen LogP contribution in [-0.4, -0.2) is 18.0 Å². The van der Waals surface area contributed by atoms with Crippen LogP contribution < -0.4 is 11.1 Å². The molecule has 0 radical (unpaired) electrons. The molecule has 0 spiro atoms. The Bertz CT molecular complexity index is 232. The second-order valence-electron chi connectivity index (χ2n) is 3.83. The molecule has 0 aromatic carbocycles. The molecule has 1 aliphatic rings. The van der Waals surface area contributed by atoms with Crippen LogP contribution in [0.3, 0.4) is 0 Å². The number of rotatable bonds is 3. The molecule has 3 nitrogen and oxygen atoms in total. The number of hydrogen-bond acceptors (Lipinski definition) is 2. The number of terminal acetylenes is 1. The van der Waals surface area contributed by atoms with Gasteiger partial charge in [0.05, 0.1) is 0 Å². The zero-order chi connectivity index (χ0) is 10.4. The van der Waals surface area contributed by atoms with E-state index in [-0.39, 0.29) is 18.0 Å². The Morgan fingerprint density at radius 3 is 2.86 bits per heavy atom. The van der Waals surface area contributed by atoms with Gasteiger partial charge in [0.2, 0.25) is 5.91 Å². The van der Waals surface area contributed by atoms with Crippen LogP contribution in [0.5, 0.6) is 0 Å². The number of amides is 1. The molecular formula is C11H18N2O. The lowest BCUT2D eigenvalue weighted by Crippen LogP contribution is -2.49. The molecule has 1 aliphatic carbocycles. The van der Waals surface area contributed by atoms with E-state index in [0.717, 1.165) is 19.3 Å².